The SMILES string of the molecule is CC(C)(CCC(=O)NCCOCCOCCOCCN=[N+]=[N-])SSc1ccccn1. The fourth-order valence-corrected chi connectivity index (χ4v) is 4.26. The maximum Gasteiger partial charge on any atom is 0.220 e. The zero-order chi connectivity index (χ0) is 21.9. The van der Waals surface area contributed by atoms with Gasteiger partial charge in [-0.05, 0) is 48.7 Å². The lowest BCUT2D eigenvalue weighted by Gasteiger charge is -2.22. The summed E-state index contributed by atoms with van der Waals surface area (Å²) in [5, 5.41) is 7.21. The Morgan fingerprint density at radius 3 is 2.53 bits per heavy atom. The molecule has 0 bridgehead atoms. The fraction of sp³-hybridized carbons (Fsp3) is 0.684. The standard InChI is InChI=1S/C19H31N5O4S2/c1-19(2,30-29-18-5-3-4-8-22-18)7-6-17(25)21-9-11-26-13-15-28-16-14-27-12-10-23-24-20/h3-5,8H,6-7,9-16H2,1-2H3,(H,21,25). The number of hydrogen-bond donors (Lipinski definition) is 1. The van der Waals surface area contributed by atoms with Crippen molar-refractivity contribution in [3.8, 4) is 0 Å². The summed E-state index contributed by atoms with van der Waals surface area (Å²) in [4.78, 5) is 18.9. The molecule has 11 heteroatoms. The van der Waals surface area contributed by atoms with Crippen LogP contribution >= 0.6 is 21.6 Å². The van der Waals surface area contributed by atoms with Crippen molar-refractivity contribution in [2.75, 3.05) is 52.7 Å². The third-order valence-electron chi connectivity index (χ3n) is 3.66. The van der Waals surface area contributed by atoms with E-state index in [0.29, 0.717) is 59.2 Å². The van der Waals surface area contributed by atoms with Gasteiger partial charge in [0.1, 0.15) is 5.03 Å². The molecular weight excluding hydrogens is 426 g/mol. The summed E-state index contributed by atoms with van der Waals surface area (Å²) in [5.41, 5.74) is 8.11. The lowest BCUT2D eigenvalue weighted by atomic mass is 10.1. The molecule has 0 spiro atoms. The number of ether oxygens (including phenoxy) is 3. The molecule has 0 aliphatic carbocycles. The largest absolute Gasteiger partial charge is 0.379 e. The minimum atomic E-state index is -0.0278. The first-order chi connectivity index (χ1) is 14.5. The number of carbonyl (C=O) groups is 1. The maximum absolute atomic E-state index is 12.0. The number of rotatable bonds is 18. The number of hydrogen-bond acceptors (Lipinski definition) is 8. The highest BCUT2D eigenvalue weighted by atomic mass is 33.1. The second-order valence-electron chi connectivity index (χ2n) is 6.74. The minimum absolute atomic E-state index is 0.0278. The van der Waals surface area contributed by atoms with E-state index in [1.54, 1.807) is 27.8 Å². The Hall–Kier alpha value is -1.49. The van der Waals surface area contributed by atoms with Crippen molar-refractivity contribution in [3.05, 3.63) is 34.8 Å². The van der Waals surface area contributed by atoms with E-state index in [0.717, 1.165) is 11.4 Å². The van der Waals surface area contributed by atoms with Crippen LogP contribution in [0.2, 0.25) is 0 Å². The molecule has 0 aliphatic rings. The summed E-state index contributed by atoms with van der Waals surface area (Å²) in [6, 6.07) is 5.85. The Bertz CT molecular complexity index is 631. The van der Waals surface area contributed by atoms with E-state index in [9.17, 15) is 4.79 Å². The van der Waals surface area contributed by atoms with Gasteiger partial charge in [0.2, 0.25) is 5.91 Å². The van der Waals surface area contributed by atoms with E-state index in [4.69, 9.17) is 19.7 Å². The van der Waals surface area contributed by atoms with E-state index < -0.39 is 0 Å². The Labute approximate surface area is 186 Å². The van der Waals surface area contributed by atoms with Gasteiger partial charge in [0, 0.05) is 35.4 Å². The first kappa shape index (κ1) is 26.5. The number of nitrogens with zero attached hydrogens (tertiary/aromatic N) is 4. The Morgan fingerprint density at radius 2 is 1.87 bits per heavy atom. The molecule has 1 aromatic rings. The van der Waals surface area contributed by atoms with Crippen molar-refractivity contribution in [1.29, 1.82) is 0 Å². The van der Waals surface area contributed by atoms with Gasteiger partial charge in [-0.15, -0.1) is 0 Å². The lowest BCUT2D eigenvalue weighted by molar-refractivity contribution is -0.121. The van der Waals surface area contributed by atoms with Crippen LogP contribution in [0.15, 0.2) is 34.5 Å². The summed E-state index contributed by atoms with van der Waals surface area (Å²) in [5.74, 6) is 0.0317. The number of nitrogens with one attached hydrogen (secondary N) is 1. The third-order valence-corrected chi connectivity index (χ3v) is 6.92. The van der Waals surface area contributed by atoms with Crippen molar-refractivity contribution in [2.45, 2.75) is 36.5 Å². The molecule has 1 heterocycles. The quantitative estimate of drug-likeness (QED) is 0.117. The van der Waals surface area contributed by atoms with E-state index in [2.05, 4.69) is 34.2 Å². The second-order valence-corrected chi connectivity index (χ2v) is 9.59. The van der Waals surface area contributed by atoms with Crippen LogP contribution in [0.25, 0.3) is 10.4 Å². The van der Waals surface area contributed by atoms with E-state index in [-0.39, 0.29) is 10.7 Å². The Kier molecular flexibility index (Phi) is 15.2. The van der Waals surface area contributed by atoms with Crippen molar-refractivity contribution < 1.29 is 19.0 Å². The highest BCUT2D eigenvalue weighted by Crippen LogP contribution is 2.42. The molecule has 0 aliphatic heterocycles. The van der Waals surface area contributed by atoms with Gasteiger partial charge in [-0.1, -0.05) is 22.0 Å². The normalized spacial score (nSPS) is 11.1. The van der Waals surface area contributed by atoms with Gasteiger partial charge < -0.3 is 19.5 Å². The molecule has 0 fully saturated rings. The van der Waals surface area contributed by atoms with Crippen LogP contribution in [-0.4, -0.2) is 68.4 Å². The molecule has 168 valence electrons. The average Bonchev–Trinajstić information content (AvgIpc) is 2.75. The molecule has 0 saturated carbocycles. The van der Waals surface area contributed by atoms with Crippen LogP contribution in [-0.2, 0) is 19.0 Å². The highest BCUT2D eigenvalue weighted by Gasteiger charge is 2.21. The van der Waals surface area contributed by atoms with Crippen LogP contribution < -0.4 is 5.32 Å². The number of azide groups is 1. The molecule has 1 amide bonds. The summed E-state index contributed by atoms with van der Waals surface area (Å²) < 4.78 is 16.0. The average molecular weight is 458 g/mol. The van der Waals surface area contributed by atoms with Gasteiger partial charge >= 0.3 is 0 Å². The summed E-state index contributed by atoms with van der Waals surface area (Å²) in [7, 11) is 3.36. The number of pyridine rings is 1. The highest BCUT2D eigenvalue weighted by molar-refractivity contribution is 8.77. The number of aromatic nitrogens is 1. The van der Waals surface area contributed by atoms with Crippen LogP contribution in [0.5, 0.6) is 0 Å². The summed E-state index contributed by atoms with van der Waals surface area (Å²) >= 11 is 0. The Morgan fingerprint density at radius 1 is 1.17 bits per heavy atom. The van der Waals surface area contributed by atoms with Gasteiger partial charge in [0.25, 0.3) is 0 Å². The van der Waals surface area contributed by atoms with Gasteiger partial charge in [-0.25, -0.2) is 4.98 Å². The van der Waals surface area contributed by atoms with Gasteiger partial charge in [0.05, 0.1) is 39.6 Å². The minimum Gasteiger partial charge on any atom is -0.379 e. The van der Waals surface area contributed by atoms with Crippen molar-refractivity contribution in [3.63, 3.8) is 0 Å². The summed E-state index contributed by atoms with van der Waals surface area (Å²) in [6.45, 7) is 7.76. The van der Waals surface area contributed by atoms with Gasteiger partial charge in [-0.2, -0.15) is 0 Å². The second kappa shape index (κ2) is 17.2. The number of carbonyl (C=O) groups excluding carboxylic acids is 1. The predicted molar refractivity (Wildman–Crippen MR) is 120 cm³/mol. The monoisotopic (exact) mass is 457 g/mol. The Balaban J connectivity index is 1.93. The van der Waals surface area contributed by atoms with E-state index in [1.807, 2.05) is 18.2 Å². The molecular formula is C19H31N5O4S2. The smallest absolute Gasteiger partial charge is 0.220 e. The van der Waals surface area contributed by atoms with Gasteiger partial charge in [-0.3, -0.25) is 4.79 Å². The van der Waals surface area contributed by atoms with E-state index >= 15 is 0 Å². The van der Waals surface area contributed by atoms with Crippen LogP contribution in [0.1, 0.15) is 26.7 Å². The van der Waals surface area contributed by atoms with Crippen molar-refractivity contribution >= 4 is 27.5 Å². The van der Waals surface area contributed by atoms with Crippen LogP contribution in [0.4, 0.5) is 0 Å². The maximum atomic E-state index is 12.0. The third kappa shape index (κ3) is 15.4. The molecule has 0 aromatic carbocycles. The molecule has 30 heavy (non-hydrogen) atoms. The first-order valence-electron chi connectivity index (χ1n) is 9.81. The summed E-state index contributed by atoms with van der Waals surface area (Å²) in [6.07, 6.45) is 3.04. The van der Waals surface area contributed by atoms with Crippen LogP contribution in [0.3, 0.4) is 0 Å². The van der Waals surface area contributed by atoms with Crippen molar-refractivity contribution in [1.82, 2.24) is 10.3 Å². The van der Waals surface area contributed by atoms with Crippen molar-refractivity contribution in [2.24, 2.45) is 5.11 Å². The fourth-order valence-electron chi connectivity index (χ4n) is 2.05. The van der Waals surface area contributed by atoms with Crippen LogP contribution in [0, 0.1) is 0 Å². The van der Waals surface area contributed by atoms with E-state index in [1.165, 1.54) is 0 Å². The molecule has 0 atom stereocenters. The molecule has 1 N–H and O–H groups in total. The molecule has 0 radical (unpaired) electrons. The molecule has 0 unspecified atom stereocenters. The zero-order valence-electron chi connectivity index (χ0n) is 17.6. The molecule has 1 rings (SSSR count). The number of amides is 1. The molecule has 0 saturated heterocycles. The van der Waals surface area contributed by atoms with Gasteiger partial charge in [0.15, 0.2) is 0 Å². The molecule has 9 nitrogen and oxygen atoms in total. The predicted octanol–water partition coefficient (Wildman–Crippen LogP) is 3.86. The first-order valence-corrected chi connectivity index (χ1v) is 12.0. The molecule has 1 aromatic heterocycles. The topological polar surface area (TPSA) is 118 Å². The lowest BCUT2D eigenvalue weighted by Crippen LogP contribution is -2.29. The zero-order valence-corrected chi connectivity index (χ0v) is 19.3.